The minimum atomic E-state index is -0.834. The van der Waals surface area contributed by atoms with Gasteiger partial charge in [0.05, 0.1) is 17.2 Å². The monoisotopic (exact) mass is 453 g/mol. The minimum Gasteiger partial charge on any atom is -0.459 e. The number of nitrogens with zero attached hydrogens (tertiary/aromatic N) is 3. The lowest BCUT2D eigenvalue weighted by molar-refractivity contribution is 0.0608. The van der Waals surface area contributed by atoms with E-state index in [-0.39, 0.29) is 17.2 Å². The zero-order valence-corrected chi connectivity index (χ0v) is 19.9. The normalized spacial score (nSPS) is 21.8. The van der Waals surface area contributed by atoms with E-state index in [2.05, 4.69) is 30.9 Å². The maximum Gasteiger partial charge on any atom is 0.261 e. The van der Waals surface area contributed by atoms with Crippen molar-refractivity contribution in [3.05, 3.63) is 65.2 Å². The lowest BCUT2D eigenvalue weighted by Gasteiger charge is -2.45. The molecule has 0 N–H and O–H groups in total. The first kappa shape index (κ1) is 20.9. The van der Waals surface area contributed by atoms with Crippen molar-refractivity contribution >= 4 is 40.2 Å². The van der Waals surface area contributed by atoms with Gasteiger partial charge in [-0.15, -0.1) is 0 Å². The molecule has 3 aromatic carbocycles. The molecule has 6 heteroatoms. The molecule has 3 aliphatic heterocycles. The average molecular weight is 454 g/mol. The molecule has 0 aliphatic carbocycles. The number of unbranched alkanes of at least 4 members (excludes halogenated alkanes) is 1. The SMILES string of the molecule is CCCCN1C(=O)c2cccc3c4c(cc(c23)C1=O)N=CC1(O4)N(C)c2ccccc2C1(C)C. The van der Waals surface area contributed by atoms with E-state index in [1.165, 1.54) is 10.5 Å². The molecule has 172 valence electrons. The first-order valence-corrected chi connectivity index (χ1v) is 11.9. The van der Waals surface area contributed by atoms with Gasteiger partial charge in [-0.1, -0.05) is 43.7 Å². The van der Waals surface area contributed by atoms with Crippen LogP contribution in [0, 0.1) is 0 Å². The number of likely N-dealkylation sites (N-methyl/N-ethyl adjacent to an activating group) is 1. The zero-order chi connectivity index (χ0) is 23.8. The fourth-order valence-electron chi connectivity index (χ4n) is 5.77. The van der Waals surface area contributed by atoms with Gasteiger partial charge in [-0.2, -0.15) is 0 Å². The van der Waals surface area contributed by atoms with E-state index in [4.69, 9.17) is 9.73 Å². The molecule has 3 heterocycles. The van der Waals surface area contributed by atoms with E-state index < -0.39 is 5.72 Å². The topological polar surface area (TPSA) is 62.2 Å². The molecule has 34 heavy (non-hydrogen) atoms. The third-order valence-corrected chi connectivity index (χ3v) is 7.75. The van der Waals surface area contributed by atoms with Crippen molar-refractivity contribution in [3.8, 4) is 5.75 Å². The number of rotatable bonds is 3. The summed E-state index contributed by atoms with van der Waals surface area (Å²) in [5.74, 6) is 0.112. The largest absolute Gasteiger partial charge is 0.459 e. The summed E-state index contributed by atoms with van der Waals surface area (Å²) in [6.45, 7) is 6.79. The number of ether oxygens (including phenoxy) is 1. The van der Waals surface area contributed by atoms with Gasteiger partial charge in [0.2, 0.25) is 5.72 Å². The first-order valence-electron chi connectivity index (χ1n) is 11.9. The fourth-order valence-corrected chi connectivity index (χ4v) is 5.77. The second kappa shape index (κ2) is 6.92. The molecule has 0 saturated heterocycles. The zero-order valence-electron chi connectivity index (χ0n) is 19.9. The lowest BCUT2D eigenvalue weighted by Crippen LogP contribution is -2.61. The van der Waals surface area contributed by atoms with Gasteiger partial charge < -0.3 is 9.64 Å². The Morgan fingerprint density at radius 1 is 1.00 bits per heavy atom. The number of imide groups is 1. The summed E-state index contributed by atoms with van der Waals surface area (Å²) in [5, 5.41) is 1.41. The number of carbonyl (C=O) groups excluding carboxylic acids is 2. The molecule has 6 nitrogen and oxygen atoms in total. The molecule has 1 spiro atoms. The van der Waals surface area contributed by atoms with Crippen molar-refractivity contribution in [3.63, 3.8) is 0 Å². The highest BCUT2D eigenvalue weighted by molar-refractivity contribution is 6.27. The Balaban J connectivity index is 1.55. The van der Waals surface area contributed by atoms with Gasteiger partial charge >= 0.3 is 0 Å². The number of carbonyl (C=O) groups is 2. The van der Waals surface area contributed by atoms with Gasteiger partial charge in [0.1, 0.15) is 5.69 Å². The van der Waals surface area contributed by atoms with Crippen LogP contribution in [0.3, 0.4) is 0 Å². The summed E-state index contributed by atoms with van der Waals surface area (Å²) < 4.78 is 6.88. The van der Waals surface area contributed by atoms with Crippen molar-refractivity contribution in [2.24, 2.45) is 4.99 Å². The molecular formula is C28H27N3O3. The van der Waals surface area contributed by atoms with Crippen molar-refractivity contribution in [2.75, 3.05) is 18.5 Å². The van der Waals surface area contributed by atoms with Crippen LogP contribution >= 0.6 is 0 Å². The fraction of sp³-hybridized carbons (Fsp3) is 0.321. The Kier molecular flexibility index (Phi) is 4.25. The van der Waals surface area contributed by atoms with E-state index >= 15 is 0 Å². The molecule has 3 aromatic rings. The summed E-state index contributed by atoms with van der Waals surface area (Å²) in [6.07, 6.45) is 3.55. The van der Waals surface area contributed by atoms with Crippen LogP contribution in [0.25, 0.3) is 10.8 Å². The molecule has 0 fully saturated rings. The van der Waals surface area contributed by atoms with E-state index in [0.717, 1.165) is 23.9 Å². The van der Waals surface area contributed by atoms with Crippen LogP contribution in [0.1, 0.15) is 59.9 Å². The Labute approximate surface area is 198 Å². The standard InChI is InChI=1S/C28H27N3O3/c1-5-6-14-31-25(32)18-11-9-10-17-23(18)19(26(31)33)15-21-24(17)34-28(16-29-21)27(2,3)20-12-7-8-13-22(20)30(28)4/h7-13,15-16H,5-6,14H2,1-4H3. The number of hydrogen-bond donors (Lipinski definition) is 0. The maximum atomic E-state index is 13.4. The van der Waals surface area contributed by atoms with Crippen LogP contribution in [0.2, 0.25) is 0 Å². The number of hydrogen-bond acceptors (Lipinski definition) is 5. The molecular weight excluding hydrogens is 426 g/mol. The van der Waals surface area contributed by atoms with Crippen LogP contribution in [-0.4, -0.2) is 42.2 Å². The van der Waals surface area contributed by atoms with E-state index in [1.54, 1.807) is 12.1 Å². The molecule has 1 atom stereocenters. The lowest BCUT2D eigenvalue weighted by atomic mass is 9.77. The van der Waals surface area contributed by atoms with Crippen LogP contribution in [-0.2, 0) is 5.41 Å². The molecule has 0 saturated carbocycles. The maximum absolute atomic E-state index is 13.4. The quantitative estimate of drug-likeness (QED) is 0.495. The first-order chi connectivity index (χ1) is 16.3. The highest BCUT2D eigenvalue weighted by Crippen LogP contribution is 2.55. The van der Waals surface area contributed by atoms with Crippen molar-refractivity contribution in [2.45, 2.75) is 44.8 Å². The predicted molar refractivity (Wildman–Crippen MR) is 134 cm³/mol. The highest BCUT2D eigenvalue weighted by atomic mass is 16.5. The number of amides is 2. The Morgan fingerprint density at radius 2 is 1.76 bits per heavy atom. The predicted octanol–water partition coefficient (Wildman–Crippen LogP) is 5.45. The summed E-state index contributed by atoms with van der Waals surface area (Å²) in [4.78, 5) is 35.0. The second-order valence-corrected chi connectivity index (χ2v) is 9.87. The van der Waals surface area contributed by atoms with E-state index in [9.17, 15) is 9.59 Å². The van der Waals surface area contributed by atoms with Crippen molar-refractivity contribution < 1.29 is 14.3 Å². The molecule has 3 aliphatic rings. The van der Waals surface area contributed by atoms with Crippen LogP contribution in [0.15, 0.2) is 53.5 Å². The van der Waals surface area contributed by atoms with Crippen LogP contribution < -0.4 is 9.64 Å². The van der Waals surface area contributed by atoms with Crippen LogP contribution in [0.5, 0.6) is 5.75 Å². The van der Waals surface area contributed by atoms with E-state index in [0.29, 0.717) is 34.5 Å². The Bertz CT molecular complexity index is 1420. The summed E-state index contributed by atoms with van der Waals surface area (Å²) in [5.41, 5.74) is 2.73. The number of fused-ring (bicyclic) bond motifs is 3. The Morgan fingerprint density at radius 3 is 2.53 bits per heavy atom. The molecule has 0 bridgehead atoms. The average Bonchev–Trinajstić information content (AvgIpc) is 3.01. The summed E-state index contributed by atoms with van der Waals surface area (Å²) in [7, 11) is 2.02. The number of benzene rings is 3. The number of aliphatic imine (C=N–C) groups is 1. The molecule has 1 unspecified atom stereocenters. The van der Waals surface area contributed by atoms with Gasteiger partial charge in [-0.05, 0) is 44.0 Å². The van der Waals surface area contributed by atoms with Gasteiger partial charge in [-0.3, -0.25) is 19.5 Å². The van der Waals surface area contributed by atoms with Crippen molar-refractivity contribution in [1.29, 1.82) is 0 Å². The number of para-hydroxylation sites is 1. The molecule has 0 aromatic heterocycles. The third-order valence-electron chi connectivity index (χ3n) is 7.75. The molecule has 2 amide bonds. The van der Waals surface area contributed by atoms with Gasteiger partial charge in [0, 0.05) is 35.6 Å². The smallest absolute Gasteiger partial charge is 0.261 e. The molecule has 0 radical (unpaired) electrons. The van der Waals surface area contributed by atoms with Crippen LogP contribution in [0.4, 0.5) is 11.4 Å². The third kappa shape index (κ3) is 2.43. The second-order valence-electron chi connectivity index (χ2n) is 9.87. The molecule has 6 rings (SSSR count). The highest BCUT2D eigenvalue weighted by Gasteiger charge is 2.58. The van der Waals surface area contributed by atoms with Crippen molar-refractivity contribution in [1.82, 2.24) is 4.90 Å². The number of anilines is 1. The summed E-state index contributed by atoms with van der Waals surface area (Å²) >= 11 is 0. The van der Waals surface area contributed by atoms with E-state index in [1.807, 2.05) is 44.5 Å². The minimum absolute atomic E-state index is 0.240. The summed E-state index contributed by atoms with van der Waals surface area (Å²) in [6, 6.07) is 15.7. The van der Waals surface area contributed by atoms with Gasteiger partial charge in [0.25, 0.3) is 11.8 Å². The Hall–Kier alpha value is -3.67. The van der Waals surface area contributed by atoms with Gasteiger partial charge in [-0.25, -0.2) is 0 Å². The van der Waals surface area contributed by atoms with Gasteiger partial charge in [0.15, 0.2) is 5.75 Å².